The van der Waals surface area contributed by atoms with Crippen LogP contribution < -0.4 is 5.43 Å². The lowest BCUT2D eigenvalue weighted by Crippen LogP contribution is -2.21. The molecule has 5 heteroatoms. The van der Waals surface area contributed by atoms with Crippen molar-refractivity contribution in [1.29, 1.82) is 0 Å². The summed E-state index contributed by atoms with van der Waals surface area (Å²) >= 11 is 1.28. The van der Waals surface area contributed by atoms with Gasteiger partial charge in [0.25, 0.3) is 0 Å². The van der Waals surface area contributed by atoms with Gasteiger partial charge in [0.2, 0.25) is 5.43 Å². The highest BCUT2D eigenvalue weighted by molar-refractivity contribution is 7.95. The maximum atomic E-state index is 12.8. The second kappa shape index (κ2) is 7.60. The van der Waals surface area contributed by atoms with Gasteiger partial charge in [0.1, 0.15) is 11.2 Å². The number of fused-ring (bicyclic) bond motifs is 2. The van der Waals surface area contributed by atoms with Crippen molar-refractivity contribution in [1.82, 2.24) is 4.90 Å². The zero-order valence-electron chi connectivity index (χ0n) is 14.1. The third-order valence-corrected chi connectivity index (χ3v) is 5.42. The molecule has 0 atom stereocenters. The van der Waals surface area contributed by atoms with Crippen LogP contribution in [0.5, 0.6) is 0 Å². The minimum Gasteiger partial charge on any atom is -0.456 e. The van der Waals surface area contributed by atoms with E-state index in [1.54, 1.807) is 6.07 Å². The lowest BCUT2D eigenvalue weighted by molar-refractivity contribution is 0.286. The summed E-state index contributed by atoms with van der Waals surface area (Å²) < 4.78 is 11.7. The smallest absolute Gasteiger partial charge is 0.201 e. The second-order valence-corrected chi connectivity index (χ2v) is 7.21. The first-order valence-electron chi connectivity index (χ1n) is 8.79. The van der Waals surface area contributed by atoms with Gasteiger partial charge in [-0.25, -0.2) is 0 Å². The molecule has 4 nitrogen and oxygen atoms in total. The third kappa shape index (κ3) is 3.59. The molecule has 130 valence electrons. The molecule has 1 saturated heterocycles. The molecule has 0 unspecified atom stereocenters. The van der Waals surface area contributed by atoms with Crippen molar-refractivity contribution in [3.05, 3.63) is 52.7 Å². The van der Waals surface area contributed by atoms with E-state index < -0.39 is 0 Å². The third-order valence-electron chi connectivity index (χ3n) is 4.62. The predicted octanol–water partition coefficient (Wildman–Crippen LogP) is 4.46. The van der Waals surface area contributed by atoms with E-state index >= 15 is 0 Å². The molecule has 2 aromatic carbocycles. The zero-order chi connectivity index (χ0) is 17.1. The fraction of sp³-hybridized carbons (Fsp3) is 0.350. The number of benzene rings is 2. The van der Waals surface area contributed by atoms with Gasteiger partial charge in [-0.3, -0.25) is 4.79 Å². The van der Waals surface area contributed by atoms with Crippen LogP contribution in [0.3, 0.4) is 0 Å². The molecular formula is C20H21NO3S. The van der Waals surface area contributed by atoms with Gasteiger partial charge in [-0.15, -0.1) is 0 Å². The summed E-state index contributed by atoms with van der Waals surface area (Å²) in [5.74, 6) is 0. The summed E-state index contributed by atoms with van der Waals surface area (Å²) in [6.45, 7) is 4.19. The highest BCUT2D eigenvalue weighted by Crippen LogP contribution is 2.28. The van der Waals surface area contributed by atoms with Crippen LogP contribution in [-0.2, 0) is 4.18 Å². The fourth-order valence-electron chi connectivity index (χ4n) is 3.34. The largest absolute Gasteiger partial charge is 0.456 e. The molecule has 0 bridgehead atoms. The van der Waals surface area contributed by atoms with E-state index in [1.165, 1.54) is 38.0 Å². The van der Waals surface area contributed by atoms with Crippen molar-refractivity contribution in [2.75, 3.05) is 26.2 Å². The number of para-hydroxylation sites is 1. The molecule has 2 heterocycles. The Morgan fingerprint density at radius 2 is 1.84 bits per heavy atom. The van der Waals surface area contributed by atoms with E-state index in [1.807, 2.05) is 36.4 Å². The standard InChI is InChI=1S/C20H21NO3S/c22-20-15-7-1-2-8-16(15)24-17-9-5-10-18(19(17)20)25-23-14-6-13-21-11-3-4-12-21/h1-2,5,7-10H,3-4,6,11-14H2. The lowest BCUT2D eigenvalue weighted by atomic mass is 10.1. The zero-order valence-corrected chi connectivity index (χ0v) is 14.9. The topological polar surface area (TPSA) is 42.7 Å². The van der Waals surface area contributed by atoms with Crippen molar-refractivity contribution >= 4 is 34.0 Å². The van der Waals surface area contributed by atoms with Gasteiger partial charge in [0.05, 0.1) is 22.3 Å². The van der Waals surface area contributed by atoms with Gasteiger partial charge in [-0.1, -0.05) is 18.2 Å². The van der Waals surface area contributed by atoms with Gasteiger partial charge < -0.3 is 13.5 Å². The van der Waals surface area contributed by atoms with Crippen LogP contribution in [0.25, 0.3) is 21.9 Å². The Labute approximate surface area is 151 Å². The molecule has 0 saturated carbocycles. The van der Waals surface area contributed by atoms with Crippen LogP contribution in [0.1, 0.15) is 19.3 Å². The van der Waals surface area contributed by atoms with Crippen LogP contribution in [0, 0.1) is 0 Å². The van der Waals surface area contributed by atoms with Crippen LogP contribution in [0.2, 0.25) is 0 Å². The van der Waals surface area contributed by atoms with Crippen molar-refractivity contribution < 1.29 is 8.60 Å². The molecule has 25 heavy (non-hydrogen) atoms. The predicted molar refractivity (Wildman–Crippen MR) is 102 cm³/mol. The number of hydrogen-bond acceptors (Lipinski definition) is 5. The molecule has 0 amide bonds. The number of nitrogens with zero attached hydrogens (tertiary/aromatic N) is 1. The highest BCUT2D eigenvalue weighted by Gasteiger charge is 2.13. The molecule has 0 radical (unpaired) electrons. The van der Waals surface area contributed by atoms with Gasteiger partial charge in [0.15, 0.2) is 0 Å². The first-order chi connectivity index (χ1) is 12.3. The molecule has 4 rings (SSSR count). The summed E-state index contributed by atoms with van der Waals surface area (Å²) in [5.41, 5.74) is 1.23. The van der Waals surface area contributed by atoms with E-state index in [-0.39, 0.29) is 5.43 Å². The van der Waals surface area contributed by atoms with Crippen LogP contribution in [0.15, 0.2) is 56.6 Å². The fourth-order valence-corrected chi connectivity index (χ4v) is 4.08. The first-order valence-corrected chi connectivity index (χ1v) is 9.53. The van der Waals surface area contributed by atoms with Gasteiger partial charge in [0, 0.05) is 18.6 Å². The van der Waals surface area contributed by atoms with Crippen molar-refractivity contribution in [2.45, 2.75) is 24.2 Å². The molecule has 0 N–H and O–H groups in total. The molecule has 1 fully saturated rings. The van der Waals surface area contributed by atoms with Gasteiger partial charge >= 0.3 is 0 Å². The van der Waals surface area contributed by atoms with Crippen molar-refractivity contribution in [2.24, 2.45) is 0 Å². The summed E-state index contributed by atoms with van der Waals surface area (Å²) in [6.07, 6.45) is 3.64. The highest BCUT2D eigenvalue weighted by atomic mass is 32.2. The van der Waals surface area contributed by atoms with E-state index in [2.05, 4.69) is 4.90 Å². The normalized spacial score (nSPS) is 15.4. The summed E-state index contributed by atoms with van der Waals surface area (Å²) in [5, 5.41) is 1.21. The number of hydrogen-bond donors (Lipinski definition) is 0. The number of rotatable bonds is 6. The van der Waals surface area contributed by atoms with Crippen molar-refractivity contribution in [3.8, 4) is 0 Å². The van der Waals surface area contributed by atoms with Gasteiger partial charge in [-0.2, -0.15) is 0 Å². The SMILES string of the molecule is O=c1c2ccccc2oc2cccc(SOCCCN3CCCC3)c12. The number of likely N-dealkylation sites (tertiary alicyclic amines) is 1. The Hall–Kier alpha value is -1.82. The molecule has 1 aromatic heterocycles. The summed E-state index contributed by atoms with van der Waals surface area (Å²) in [6, 6.07) is 13.0. The summed E-state index contributed by atoms with van der Waals surface area (Å²) in [7, 11) is 0. The Bertz CT molecular complexity index is 931. The van der Waals surface area contributed by atoms with Crippen LogP contribution in [0.4, 0.5) is 0 Å². The Morgan fingerprint density at radius 3 is 2.72 bits per heavy atom. The van der Waals surface area contributed by atoms with E-state index in [0.29, 0.717) is 28.5 Å². The lowest BCUT2D eigenvalue weighted by Gasteiger charge is -2.13. The molecule has 0 spiro atoms. The quantitative estimate of drug-likeness (QED) is 0.371. The Morgan fingerprint density at radius 1 is 1.04 bits per heavy atom. The maximum Gasteiger partial charge on any atom is 0.201 e. The first kappa shape index (κ1) is 16.6. The molecular weight excluding hydrogens is 334 g/mol. The van der Waals surface area contributed by atoms with Crippen LogP contribution >= 0.6 is 12.0 Å². The average molecular weight is 355 g/mol. The van der Waals surface area contributed by atoms with Crippen molar-refractivity contribution in [3.63, 3.8) is 0 Å². The Kier molecular flexibility index (Phi) is 5.06. The van der Waals surface area contributed by atoms with E-state index in [0.717, 1.165) is 17.9 Å². The van der Waals surface area contributed by atoms with Crippen LogP contribution in [-0.4, -0.2) is 31.1 Å². The molecule has 1 aliphatic rings. The monoisotopic (exact) mass is 355 g/mol. The molecule has 0 aliphatic carbocycles. The molecule has 3 aromatic rings. The Balaban J connectivity index is 1.49. The van der Waals surface area contributed by atoms with E-state index in [9.17, 15) is 4.79 Å². The summed E-state index contributed by atoms with van der Waals surface area (Å²) in [4.78, 5) is 16.1. The van der Waals surface area contributed by atoms with Gasteiger partial charge in [-0.05, 0) is 56.6 Å². The minimum atomic E-state index is 0.000571. The minimum absolute atomic E-state index is 0.000571. The van der Waals surface area contributed by atoms with E-state index in [4.69, 9.17) is 8.60 Å². The maximum absolute atomic E-state index is 12.8. The molecule has 1 aliphatic heterocycles. The average Bonchev–Trinajstić information content (AvgIpc) is 3.15. The second-order valence-electron chi connectivity index (χ2n) is 6.36.